The summed E-state index contributed by atoms with van der Waals surface area (Å²) in [6.45, 7) is 3.66. The molecule has 0 spiro atoms. The summed E-state index contributed by atoms with van der Waals surface area (Å²) >= 11 is 0. The van der Waals surface area contributed by atoms with Crippen molar-refractivity contribution in [2.24, 2.45) is 0 Å². The fraction of sp³-hybridized carbons (Fsp3) is 0.389. The molecule has 0 bridgehead atoms. The molecule has 1 heterocycles. The average molecular weight is 330 g/mol. The minimum absolute atomic E-state index is 0.207. The number of methoxy groups -OCH3 is 1. The van der Waals surface area contributed by atoms with Crippen molar-refractivity contribution in [1.82, 2.24) is 10.5 Å². The number of ether oxygens (including phenoxy) is 1. The van der Waals surface area contributed by atoms with Crippen LogP contribution in [-0.2, 0) is 27.2 Å². The number of carbonyl (C=O) groups is 2. The number of aromatic nitrogens is 1. The van der Waals surface area contributed by atoms with Gasteiger partial charge in [0.2, 0.25) is 5.91 Å². The molecule has 0 unspecified atom stereocenters. The van der Waals surface area contributed by atoms with Gasteiger partial charge in [-0.25, -0.2) is 4.79 Å². The molecule has 0 radical (unpaired) electrons. The number of aryl methyl sites for hydroxylation is 2. The lowest BCUT2D eigenvalue weighted by atomic mass is 10.0. The average Bonchev–Trinajstić information content (AvgIpc) is 2.91. The van der Waals surface area contributed by atoms with Crippen LogP contribution in [0.5, 0.6) is 0 Å². The van der Waals surface area contributed by atoms with Gasteiger partial charge in [0.1, 0.15) is 11.8 Å². The van der Waals surface area contributed by atoms with Gasteiger partial charge in [0.25, 0.3) is 0 Å². The highest BCUT2D eigenvalue weighted by molar-refractivity contribution is 5.84. The molecule has 2 aromatic rings. The van der Waals surface area contributed by atoms with Crippen molar-refractivity contribution in [3.05, 3.63) is 52.9 Å². The van der Waals surface area contributed by atoms with Crippen molar-refractivity contribution >= 4 is 11.9 Å². The Hall–Kier alpha value is -2.63. The van der Waals surface area contributed by atoms with E-state index in [1.54, 1.807) is 0 Å². The van der Waals surface area contributed by atoms with Crippen LogP contribution in [0, 0.1) is 13.8 Å². The maximum atomic E-state index is 12.2. The van der Waals surface area contributed by atoms with Crippen LogP contribution >= 0.6 is 0 Å². The Labute approximate surface area is 141 Å². The molecule has 1 atom stereocenters. The molecule has 24 heavy (non-hydrogen) atoms. The molecule has 0 aliphatic rings. The minimum atomic E-state index is -0.699. The number of hydrogen-bond donors (Lipinski definition) is 1. The van der Waals surface area contributed by atoms with Crippen molar-refractivity contribution in [2.45, 2.75) is 39.2 Å². The number of carbonyl (C=O) groups excluding carboxylic acids is 2. The van der Waals surface area contributed by atoms with Crippen LogP contribution in [0.3, 0.4) is 0 Å². The SMILES string of the molecule is COC(=O)[C@@H](Cc1ccccc1)NC(=O)CCc1c(C)noc1C. The van der Waals surface area contributed by atoms with Crippen LogP contribution in [-0.4, -0.2) is 30.2 Å². The fourth-order valence-electron chi connectivity index (χ4n) is 2.55. The van der Waals surface area contributed by atoms with E-state index in [9.17, 15) is 9.59 Å². The summed E-state index contributed by atoms with van der Waals surface area (Å²) in [5, 5.41) is 6.62. The lowest BCUT2D eigenvalue weighted by molar-refractivity contribution is -0.145. The standard InChI is InChI=1S/C18H22N2O4/c1-12-15(13(2)24-20-12)9-10-17(21)19-16(18(22)23-3)11-14-7-5-4-6-8-14/h4-8,16H,9-11H2,1-3H3,(H,19,21)/t16-/m1/s1. The highest BCUT2D eigenvalue weighted by Gasteiger charge is 2.22. The van der Waals surface area contributed by atoms with Gasteiger partial charge in [-0.15, -0.1) is 0 Å². The quantitative estimate of drug-likeness (QED) is 0.787. The molecule has 6 nitrogen and oxygen atoms in total. The normalized spacial score (nSPS) is 11.8. The summed E-state index contributed by atoms with van der Waals surface area (Å²) in [6.07, 6.45) is 1.17. The van der Waals surface area contributed by atoms with Gasteiger partial charge in [0.05, 0.1) is 12.8 Å². The fourth-order valence-corrected chi connectivity index (χ4v) is 2.55. The molecule has 0 aliphatic heterocycles. The highest BCUT2D eigenvalue weighted by Crippen LogP contribution is 2.14. The van der Waals surface area contributed by atoms with Crippen LogP contribution in [0.25, 0.3) is 0 Å². The number of rotatable bonds is 7. The van der Waals surface area contributed by atoms with Gasteiger partial charge in [0.15, 0.2) is 0 Å². The van der Waals surface area contributed by atoms with Gasteiger partial charge in [0, 0.05) is 18.4 Å². The van der Waals surface area contributed by atoms with E-state index in [2.05, 4.69) is 10.5 Å². The first kappa shape index (κ1) is 17.7. The lowest BCUT2D eigenvalue weighted by Gasteiger charge is -2.16. The number of nitrogens with zero attached hydrogens (tertiary/aromatic N) is 1. The van der Waals surface area contributed by atoms with E-state index in [-0.39, 0.29) is 12.3 Å². The number of esters is 1. The van der Waals surface area contributed by atoms with Gasteiger partial charge in [-0.05, 0) is 25.8 Å². The number of nitrogens with one attached hydrogen (secondary N) is 1. The Balaban J connectivity index is 1.96. The third kappa shape index (κ3) is 4.68. The predicted molar refractivity (Wildman–Crippen MR) is 88.4 cm³/mol. The first-order valence-corrected chi connectivity index (χ1v) is 7.84. The van der Waals surface area contributed by atoms with Crippen LogP contribution in [0.1, 0.15) is 29.0 Å². The molecule has 6 heteroatoms. The number of benzene rings is 1. The van der Waals surface area contributed by atoms with E-state index >= 15 is 0 Å². The van der Waals surface area contributed by atoms with Gasteiger partial charge in [-0.2, -0.15) is 0 Å². The van der Waals surface area contributed by atoms with E-state index in [4.69, 9.17) is 9.26 Å². The molecule has 1 amide bonds. The Kier molecular flexibility index (Phi) is 6.12. The Morgan fingerprint density at radius 3 is 2.54 bits per heavy atom. The summed E-state index contributed by atoms with van der Waals surface area (Å²) in [5.41, 5.74) is 2.68. The number of hydrogen-bond acceptors (Lipinski definition) is 5. The van der Waals surface area contributed by atoms with Gasteiger partial charge in [-0.3, -0.25) is 4.79 Å². The van der Waals surface area contributed by atoms with Gasteiger partial charge < -0.3 is 14.6 Å². The van der Waals surface area contributed by atoms with E-state index in [1.165, 1.54) is 7.11 Å². The molecule has 2 rings (SSSR count). The van der Waals surface area contributed by atoms with E-state index in [0.29, 0.717) is 18.6 Å². The van der Waals surface area contributed by atoms with E-state index in [1.807, 2.05) is 44.2 Å². The Morgan fingerprint density at radius 1 is 1.25 bits per heavy atom. The summed E-state index contributed by atoms with van der Waals surface area (Å²) in [5.74, 6) is 0.0555. The summed E-state index contributed by atoms with van der Waals surface area (Å²) < 4.78 is 9.88. The zero-order valence-electron chi connectivity index (χ0n) is 14.2. The van der Waals surface area contributed by atoms with E-state index in [0.717, 1.165) is 16.8 Å². The molecule has 0 saturated carbocycles. The van der Waals surface area contributed by atoms with Crippen LogP contribution in [0.2, 0.25) is 0 Å². The maximum absolute atomic E-state index is 12.2. The minimum Gasteiger partial charge on any atom is -0.467 e. The molecular weight excluding hydrogens is 308 g/mol. The first-order valence-electron chi connectivity index (χ1n) is 7.84. The van der Waals surface area contributed by atoms with Gasteiger partial charge in [-0.1, -0.05) is 35.5 Å². The van der Waals surface area contributed by atoms with Gasteiger partial charge >= 0.3 is 5.97 Å². The molecule has 1 N–H and O–H groups in total. The van der Waals surface area contributed by atoms with E-state index < -0.39 is 12.0 Å². The zero-order chi connectivity index (χ0) is 17.5. The molecular formula is C18H22N2O4. The third-order valence-corrected chi connectivity index (χ3v) is 3.89. The molecule has 128 valence electrons. The molecule has 0 aliphatic carbocycles. The number of amides is 1. The smallest absolute Gasteiger partial charge is 0.328 e. The zero-order valence-corrected chi connectivity index (χ0v) is 14.2. The Morgan fingerprint density at radius 2 is 1.96 bits per heavy atom. The molecule has 0 fully saturated rings. The highest BCUT2D eigenvalue weighted by atomic mass is 16.5. The predicted octanol–water partition coefficient (Wildman–Crippen LogP) is 2.12. The lowest BCUT2D eigenvalue weighted by Crippen LogP contribution is -2.43. The molecule has 0 saturated heterocycles. The third-order valence-electron chi connectivity index (χ3n) is 3.89. The maximum Gasteiger partial charge on any atom is 0.328 e. The second-order valence-electron chi connectivity index (χ2n) is 5.64. The topological polar surface area (TPSA) is 81.4 Å². The Bertz CT molecular complexity index is 675. The first-order chi connectivity index (χ1) is 11.5. The second kappa shape index (κ2) is 8.29. The summed E-state index contributed by atoms with van der Waals surface area (Å²) in [4.78, 5) is 24.1. The second-order valence-corrected chi connectivity index (χ2v) is 5.64. The summed E-state index contributed by atoms with van der Waals surface area (Å²) in [6, 6.07) is 8.80. The van der Waals surface area contributed by atoms with Crippen molar-refractivity contribution in [3.8, 4) is 0 Å². The van der Waals surface area contributed by atoms with Crippen molar-refractivity contribution in [3.63, 3.8) is 0 Å². The monoisotopic (exact) mass is 330 g/mol. The van der Waals surface area contributed by atoms with Crippen LogP contribution in [0.4, 0.5) is 0 Å². The van der Waals surface area contributed by atoms with Crippen LogP contribution in [0.15, 0.2) is 34.9 Å². The summed E-state index contributed by atoms with van der Waals surface area (Å²) in [7, 11) is 1.32. The van der Waals surface area contributed by atoms with Crippen molar-refractivity contribution in [2.75, 3.05) is 7.11 Å². The largest absolute Gasteiger partial charge is 0.467 e. The van der Waals surface area contributed by atoms with Crippen LogP contribution < -0.4 is 5.32 Å². The molecule has 1 aromatic carbocycles. The van der Waals surface area contributed by atoms with Crippen molar-refractivity contribution < 1.29 is 18.8 Å². The molecule has 1 aromatic heterocycles. The van der Waals surface area contributed by atoms with Crippen molar-refractivity contribution in [1.29, 1.82) is 0 Å².